The minimum Gasteiger partial charge on any atom is -0.385 e. The van der Waals surface area contributed by atoms with Crippen molar-refractivity contribution in [3.05, 3.63) is 48.3 Å². The van der Waals surface area contributed by atoms with Gasteiger partial charge in [-0.25, -0.2) is 9.97 Å². The van der Waals surface area contributed by atoms with E-state index < -0.39 is 0 Å². The third kappa shape index (κ3) is 4.85. The van der Waals surface area contributed by atoms with Crippen LogP contribution in [0.1, 0.15) is 16.9 Å². The number of aromatic nitrogens is 2. The van der Waals surface area contributed by atoms with Crippen LogP contribution in [0.4, 0.5) is 11.6 Å². The molecule has 0 radical (unpaired) electrons. The van der Waals surface area contributed by atoms with Gasteiger partial charge in [0.1, 0.15) is 5.69 Å². The predicted molar refractivity (Wildman–Crippen MR) is 81.4 cm³/mol. The Morgan fingerprint density at radius 1 is 1.24 bits per heavy atom. The van der Waals surface area contributed by atoms with Gasteiger partial charge in [-0.3, -0.25) is 4.79 Å². The zero-order valence-electron chi connectivity index (χ0n) is 11.9. The van der Waals surface area contributed by atoms with Gasteiger partial charge in [-0.05, 0) is 24.6 Å². The van der Waals surface area contributed by atoms with Crippen molar-refractivity contribution in [2.75, 3.05) is 30.9 Å². The minimum atomic E-state index is -0.261. The van der Waals surface area contributed by atoms with Gasteiger partial charge < -0.3 is 15.4 Å². The summed E-state index contributed by atoms with van der Waals surface area (Å²) in [5.74, 6) is 0.176. The standard InChI is InChI=1S/C15H18N4O2/c1-21-11-5-9-16-15-17-10-8-13(19-15)14(20)18-12-6-3-2-4-7-12/h2-4,6-8,10H,5,9,11H2,1H3,(H,18,20)(H,16,17,19). The summed E-state index contributed by atoms with van der Waals surface area (Å²) in [5.41, 5.74) is 1.05. The van der Waals surface area contributed by atoms with Crippen LogP contribution >= 0.6 is 0 Å². The van der Waals surface area contributed by atoms with Crippen LogP contribution in [0.15, 0.2) is 42.6 Å². The number of rotatable bonds is 7. The fourth-order valence-electron chi connectivity index (χ4n) is 1.70. The maximum atomic E-state index is 12.1. The third-order valence-electron chi connectivity index (χ3n) is 2.73. The fraction of sp³-hybridized carbons (Fsp3) is 0.267. The molecule has 0 atom stereocenters. The lowest BCUT2D eigenvalue weighted by Crippen LogP contribution is -2.15. The quantitative estimate of drug-likeness (QED) is 0.763. The van der Waals surface area contributed by atoms with Crippen LogP contribution in [-0.2, 0) is 4.74 Å². The molecule has 0 bridgehead atoms. The van der Waals surface area contributed by atoms with Crippen LogP contribution in [0.2, 0.25) is 0 Å². The summed E-state index contributed by atoms with van der Waals surface area (Å²) in [6.45, 7) is 1.36. The normalized spacial score (nSPS) is 10.1. The van der Waals surface area contributed by atoms with E-state index in [9.17, 15) is 4.79 Å². The Morgan fingerprint density at radius 3 is 2.81 bits per heavy atom. The predicted octanol–water partition coefficient (Wildman–Crippen LogP) is 2.18. The fourth-order valence-corrected chi connectivity index (χ4v) is 1.70. The second-order valence-corrected chi connectivity index (χ2v) is 4.36. The summed E-state index contributed by atoms with van der Waals surface area (Å²) < 4.78 is 4.96. The van der Waals surface area contributed by atoms with E-state index in [0.29, 0.717) is 24.8 Å². The number of amides is 1. The summed E-state index contributed by atoms with van der Waals surface area (Å²) in [4.78, 5) is 20.4. The van der Waals surface area contributed by atoms with E-state index in [4.69, 9.17) is 4.74 Å². The number of benzene rings is 1. The Kier molecular flexibility index (Phi) is 5.66. The molecular formula is C15H18N4O2. The molecule has 2 rings (SSSR count). The monoisotopic (exact) mass is 286 g/mol. The number of hydrogen-bond donors (Lipinski definition) is 2. The highest BCUT2D eigenvalue weighted by Crippen LogP contribution is 2.08. The van der Waals surface area contributed by atoms with E-state index in [0.717, 1.165) is 12.1 Å². The molecule has 2 N–H and O–H groups in total. The van der Waals surface area contributed by atoms with Gasteiger partial charge in [0.2, 0.25) is 5.95 Å². The first-order chi connectivity index (χ1) is 10.3. The van der Waals surface area contributed by atoms with Crippen molar-refractivity contribution in [1.29, 1.82) is 0 Å². The van der Waals surface area contributed by atoms with Gasteiger partial charge in [-0.15, -0.1) is 0 Å². The summed E-state index contributed by atoms with van der Waals surface area (Å²) in [7, 11) is 1.66. The molecule has 6 nitrogen and oxygen atoms in total. The number of methoxy groups -OCH3 is 1. The number of nitrogens with zero attached hydrogens (tertiary/aromatic N) is 2. The van der Waals surface area contributed by atoms with E-state index >= 15 is 0 Å². The minimum absolute atomic E-state index is 0.261. The molecule has 110 valence electrons. The molecule has 21 heavy (non-hydrogen) atoms. The first-order valence-electron chi connectivity index (χ1n) is 6.72. The Hall–Kier alpha value is -2.47. The van der Waals surface area contributed by atoms with Crippen LogP contribution in [0.5, 0.6) is 0 Å². The van der Waals surface area contributed by atoms with Crippen LogP contribution < -0.4 is 10.6 Å². The summed E-state index contributed by atoms with van der Waals surface area (Å²) in [6.07, 6.45) is 2.41. The molecule has 1 heterocycles. The van der Waals surface area contributed by atoms with Crippen molar-refractivity contribution in [3.8, 4) is 0 Å². The lowest BCUT2D eigenvalue weighted by Gasteiger charge is -2.07. The second-order valence-electron chi connectivity index (χ2n) is 4.36. The number of ether oxygens (including phenoxy) is 1. The first kappa shape index (κ1) is 14.9. The highest BCUT2D eigenvalue weighted by Gasteiger charge is 2.08. The van der Waals surface area contributed by atoms with Gasteiger partial charge in [0, 0.05) is 32.1 Å². The van der Waals surface area contributed by atoms with E-state index in [-0.39, 0.29) is 5.91 Å². The van der Waals surface area contributed by atoms with Crippen LogP contribution in [0.25, 0.3) is 0 Å². The molecule has 0 spiro atoms. The average Bonchev–Trinajstić information content (AvgIpc) is 2.53. The number of hydrogen-bond acceptors (Lipinski definition) is 5. The maximum Gasteiger partial charge on any atom is 0.274 e. The molecule has 6 heteroatoms. The van der Waals surface area contributed by atoms with Crippen molar-refractivity contribution >= 4 is 17.5 Å². The van der Waals surface area contributed by atoms with Crippen LogP contribution in [0.3, 0.4) is 0 Å². The summed E-state index contributed by atoms with van der Waals surface area (Å²) in [6, 6.07) is 10.8. The summed E-state index contributed by atoms with van der Waals surface area (Å²) >= 11 is 0. The SMILES string of the molecule is COCCCNc1nccc(C(=O)Nc2ccccc2)n1. The van der Waals surface area contributed by atoms with Crippen LogP contribution in [-0.4, -0.2) is 36.1 Å². The number of nitrogens with one attached hydrogen (secondary N) is 2. The van der Waals surface area contributed by atoms with Gasteiger partial charge >= 0.3 is 0 Å². The molecule has 0 saturated carbocycles. The molecule has 0 aliphatic heterocycles. The van der Waals surface area contributed by atoms with Gasteiger partial charge in [-0.2, -0.15) is 0 Å². The summed E-state index contributed by atoms with van der Waals surface area (Å²) in [5, 5.41) is 5.84. The smallest absolute Gasteiger partial charge is 0.274 e. The molecule has 0 aliphatic rings. The van der Waals surface area contributed by atoms with E-state index in [1.54, 1.807) is 19.4 Å². The Morgan fingerprint density at radius 2 is 2.05 bits per heavy atom. The maximum absolute atomic E-state index is 12.1. The molecule has 1 amide bonds. The van der Waals surface area contributed by atoms with Crippen molar-refractivity contribution < 1.29 is 9.53 Å². The molecule has 2 aromatic rings. The average molecular weight is 286 g/mol. The zero-order chi connectivity index (χ0) is 14.9. The van der Waals surface area contributed by atoms with Crippen LogP contribution in [0, 0.1) is 0 Å². The molecule has 1 aromatic carbocycles. The van der Waals surface area contributed by atoms with E-state index in [1.807, 2.05) is 30.3 Å². The Balaban J connectivity index is 1.95. The molecule has 0 saturated heterocycles. The van der Waals surface area contributed by atoms with E-state index in [1.165, 1.54) is 0 Å². The van der Waals surface area contributed by atoms with Gasteiger partial charge in [0.25, 0.3) is 5.91 Å². The zero-order valence-corrected chi connectivity index (χ0v) is 11.9. The lowest BCUT2D eigenvalue weighted by molar-refractivity contribution is 0.102. The molecule has 1 aromatic heterocycles. The number of para-hydroxylation sites is 1. The molecule has 0 unspecified atom stereocenters. The molecule has 0 fully saturated rings. The lowest BCUT2D eigenvalue weighted by atomic mass is 10.3. The largest absolute Gasteiger partial charge is 0.385 e. The number of anilines is 2. The van der Waals surface area contributed by atoms with Crippen molar-refractivity contribution in [1.82, 2.24) is 9.97 Å². The van der Waals surface area contributed by atoms with Crippen molar-refractivity contribution in [2.45, 2.75) is 6.42 Å². The van der Waals surface area contributed by atoms with Crippen molar-refractivity contribution in [2.24, 2.45) is 0 Å². The molecule has 0 aliphatic carbocycles. The van der Waals surface area contributed by atoms with Gasteiger partial charge in [-0.1, -0.05) is 18.2 Å². The third-order valence-corrected chi connectivity index (χ3v) is 2.73. The number of carbonyl (C=O) groups excluding carboxylic acids is 1. The topological polar surface area (TPSA) is 76.1 Å². The Bertz CT molecular complexity index is 575. The first-order valence-corrected chi connectivity index (χ1v) is 6.72. The van der Waals surface area contributed by atoms with E-state index in [2.05, 4.69) is 20.6 Å². The van der Waals surface area contributed by atoms with Gasteiger partial charge in [0.15, 0.2) is 0 Å². The molecular weight excluding hydrogens is 268 g/mol. The highest BCUT2D eigenvalue weighted by molar-refractivity contribution is 6.02. The number of carbonyl (C=O) groups is 1. The Labute approximate surface area is 123 Å². The van der Waals surface area contributed by atoms with Gasteiger partial charge in [0.05, 0.1) is 0 Å². The van der Waals surface area contributed by atoms with Crippen molar-refractivity contribution in [3.63, 3.8) is 0 Å². The highest BCUT2D eigenvalue weighted by atomic mass is 16.5. The second kappa shape index (κ2) is 7.96.